The van der Waals surface area contributed by atoms with Crippen molar-refractivity contribution in [1.82, 2.24) is 14.8 Å². The number of anilines is 1. The van der Waals surface area contributed by atoms with Crippen LogP contribution in [0, 0.1) is 13.8 Å². The summed E-state index contributed by atoms with van der Waals surface area (Å²) >= 11 is 1.42. The minimum Gasteiger partial charge on any atom is -0.493 e. The molecular weight excluding hydrogens is 392 g/mol. The molecule has 8 nitrogen and oxygen atoms in total. The number of nitrogens with one attached hydrogen (secondary N) is 1. The van der Waals surface area contributed by atoms with Gasteiger partial charge in [0.2, 0.25) is 5.91 Å². The molecule has 158 valence electrons. The van der Waals surface area contributed by atoms with Crippen molar-refractivity contribution in [3.05, 3.63) is 34.3 Å². The molecule has 29 heavy (non-hydrogen) atoms. The molecule has 0 bridgehead atoms. The Morgan fingerprint density at radius 2 is 1.79 bits per heavy atom. The molecule has 0 unspecified atom stereocenters. The largest absolute Gasteiger partial charge is 0.493 e. The number of hydrogen-bond acceptors (Lipinski definition) is 7. The number of hydrogen-bond donors (Lipinski definition) is 1. The van der Waals surface area contributed by atoms with Crippen molar-refractivity contribution in [2.45, 2.75) is 13.8 Å². The third kappa shape index (κ3) is 6.16. The van der Waals surface area contributed by atoms with Gasteiger partial charge in [-0.2, -0.15) is 0 Å². The maximum atomic E-state index is 13.1. The number of aromatic nitrogens is 1. The van der Waals surface area contributed by atoms with Crippen molar-refractivity contribution in [3.8, 4) is 11.5 Å². The van der Waals surface area contributed by atoms with E-state index in [0.717, 1.165) is 10.6 Å². The first-order valence-electron chi connectivity index (χ1n) is 9.15. The highest BCUT2D eigenvalue weighted by Gasteiger charge is 2.21. The van der Waals surface area contributed by atoms with E-state index < -0.39 is 0 Å². The molecule has 0 fully saturated rings. The van der Waals surface area contributed by atoms with Gasteiger partial charge in [-0.15, -0.1) is 11.3 Å². The normalized spacial score (nSPS) is 10.7. The SMILES string of the molecule is COc1ccc(C(=O)N(CCN(C)C)CC(=O)Nc2nc(C)c(C)s2)cc1OC. The average molecular weight is 421 g/mol. The van der Waals surface area contributed by atoms with Gasteiger partial charge < -0.3 is 24.6 Å². The van der Waals surface area contributed by atoms with E-state index in [9.17, 15) is 9.59 Å². The molecular formula is C20H28N4O4S. The van der Waals surface area contributed by atoms with Gasteiger partial charge in [0.05, 0.1) is 19.9 Å². The number of ether oxygens (including phenoxy) is 2. The van der Waals surface area contributed by atoms with Crippen molar-refractivity contribution in [3.63, 3.8) is 0 Å². The second-order valence-corrected chi connectivity index (χ2v) is 8.01. The lowest BCUT2D eigenvalue weighted by Gasteiger charge is -2.24. The summed E-state index contributed by atoms with van der Waals surface area (Å²) in [6.45, 7) is 4.81. The number of likely N-dealkylation sites (N-methyl/N-ethyl adjacent to an activating group) is 1. The average Bonchev–Trinajstić information content (AvgIpc) is 3.00. The summed E-state index contributed by atoms with van der Waals surface area (Å²) in [6, 6.07) is 4.96. The quantitative estimate of drug-likeness (QED) is 0.671. The first-order chi connectivity index (χ1) is 13.7. The molecule has 1 aromatic carbocycles. The van der Waals surface area contributed by atoms with Crippen LogP contribution < -0.4 is 14.8 Å². The first-order valence-corrected chi connectivity index (χ1v) is 9.96. The summed E-state index contributed by atoms with van der Waals surface area (Å²) in [5.41, 5.74) is 1.31. The Kier molecular flexibility index (Phi) is 7.98. The first kappa shape index (κ1) is 22.6. The summed E-state index contributed by atoms with van der Waals surface area (Å²) < 4.78 is 10.5. The Hall–Kier alpha value is -2.65. The van der Waals surface area contributed by atoms with Crippen LogP contribution in [0.25, 0.3) is 0 Å². The number of aryl methyl sites for hydroxylation is 2. The molecule has 0 atom stereocenters. The zero-order valence-electron chi connectivity index (χ0n) is 17.7. The summed E-state index contributed by atoms with van der Waals surface area (Å²) in [6.07, 6.45) is 0. The molecule has 0 aliphatic heterocycles. The fourth-order valence-electron chi connectivity index (χ4n) is 2.58. The molecule has 0 saturated heterocycles. The van der Waals surface area contributed by atoms with Crippen LogP contribution in [0.2, 0.25) is 0 Å². The molecule has 1 N–H and O–H groups in total. The molecule has 0 saturated carbocycles. The number of amides is 2. The van der Waals surface area contributed by atoms with Crippen molar-refractivity contribution in [1.29, 1.82) is 0 Å². The molecule has 0 aliphatic rings. The summed E-state index contributed by atoms with van der Waals surface area (Å²) in [7, 11) is 6.89. The number of methoxy groups -OCH3 is 2. The highest BCUT2D eigenvalue weighted by atomic mass is 32.1. The third-order valence-electron chi connectivity index (χ3n) is 4.34. The van der Waals surface area contributed by atoms with Crippen molar-refractivity contribution >= 4 is 28.3 Å². The van der Waals surface area contributed by atoms with E-state index in [1.807, 2.05) is 32.8 Å². The van der Waals surface area contributed by atoms with Gasteiger partial charge in [0.25, 0.3) is 5.91 Å². The molecule has 2 aromatic rings. The number of carbonyl (C=O) groups is 2. The van der Waals surface area contributed by atoms with Crippen LogP contribution in [0.5, 0.6) is 11.5 Å². The van der Waals surface area contributed by atoms with Gasteiger partial charge in [-0.1, -0.05) is 0 Å². The fraction of sp³-hybridized carbons (Fsp3) is 0.450. The lowest BCUT2D eigenvalue weighted by Crippen LogP contribution is -2.41. The van der Waals surface area contributed by atoms with Gasteiger partial charge in [-0.25, -0.2) is 4.98 Å². The summed E-state index contributed by atoms with van der Waals surface area (Å²) in [5.74, 6) is 0.459. The zero-order chi connectivity index (χ0) is 21.6. The molecule has 1 heterocycles. The topological polar surface area (TPSA) is 84.0 Å². The van der Waals surface area contributed by atoms with Gasteiger partial charge in [-0.05, 0) is 46.1 Å². The van der Waals surface area contributed by atoms with Crippen LogP contribution in [0.1, 0.15) is 20.9 Å². The highest BCUT2D eigenvalue weighted by Crippen LogP contribution is 2.28. The lowest BCUT2D eigenvalue weighted by atomic mass is 10.1. The van der Waals surface area contributed by atoms with E-state index in [2.05, 4.69) is 10.3 Å². The Morgan fingerprint density at radius 3 is 2.34 bits per heavy atom. The van der Waals surface area contributed by atoms with Gasteiger partial charge in [0, 0.05) is 23.5 Å². The fourth-order valence-corrected chi connectivity index (χ4v) is 3.41. The molecule has 0 radical (unpaired) electrons. The van der Waals surface area contributed by atoms with Crippen LogP contribution in [0.4, 0.5) is 5.13 Å². The minimum atomic E-state index is -0.286. The minimum absolute atomic E-state index is 0.0707. The molecule has 1 aromatic heterocycles. The predicted molar refractivity (Wildman–Crippen MR) is 114 cm³/mol. The van der Waals surface area contributed by atoms with Crippen molar-refractivity contribution in [2.75, 3.05) is 53.3 Å². The van der Waals surface area contributed by atoms with Crippen molar-refractivity contribution < 1.29 is 19.1 Å². The van der Waals surface area contributed by atoms with E-state index in [0.29, 0.717) is 35.3 Å². The van der Waals surface area contributed by atoms with Crippen LogP contribution >= 0.6 is 11.3 Å². The maximum Gasteiger partial charge on any atom is 0.254 e. The zero-order valence-corrected chi connectivity index (χ0v) is 18.6. The lowest BCUT2D eigenvalue weighted by molar-refractivity contribution is -0.116. The molecule has 2 rings (SSSR count). The summed E-state index contributed by atoms with van der Waals surface area (Å²) in [5, 5.41) is 3.32. The Labute approximate surface area is 175 Å². The van der Waals surface area contributed by atoms with E-state index in [4.69, 9.17) is 9.47 Å². The summed E-state index contributed by atoms with van der Waals surface area (Å²) in [4.78, 5) is 34.5. The molecule has 0 spiro atoms. The number of benzene rings is 1. The van der Waals surface area contributed by atoms with E-state index in [1.165, 1.54) is 30.5 Å². The van der Waals surface area contributed by atoms with E-state index >= 15 is 0 Å². The second-order valence-electron chi connectivity index (χ2n) is 6.81. The predicted octanol–water partition coefficient (Wildman–Crippen LogP) is 2.42. The van der Waals surface area contributed by atoms with E-state index in [1.54, 1.807) is 18.2 Å². The molecule has 9 heteroatoms. The van der Waals surface area contributed by atoms with Gasteiger partial charge in [-0.3, -0.25) is 9.59 Å². The standard InChI is InChI=1S/C20H28N4O4S/c1-13-14(2)29-20(21-13)22-18(25)12-24(10-9-23(3)4)19(26)15-7-8-16(27-5)17(11-15)28-6/h7-8,11H,9-10,12H2,1-6H3,(H,21,22,25). The Balaban J connectivity index is 2.17. The third-order valence-corrected chi connectivity index (χ3v) is 5.33. The maximum absolute atomic E-state index is 13.1. The number of thiazole rings is 1. The van der Waals surface area contributed by atoms with Gasteiger partial charge in [0.15, 0.2) is 16.6 Å². The monoisotopic (exact) mass is 420 g/mol. The van der Waals surface area contributed by atoms with Crippen LogP contribution in [0.3, 0.4) is 0 Å². The van der Waals surface area contributed by atoms with E-state index in [-0.39, 0.29) is 18.4 Å². The number of nitrogens with zero attached hydrogens (tertiary/aromatic N) is 3. The van der Waals surface area contributed by atoms with Gasteiger partial charge in [0.1, 0.15) is 6.54 Å². The Morgan fingerprint density at radius 1 is 1.10 bits per heavy atom. The van der Waals surface area contributed by atoms with Crippen LogP contribution in [-0.2, 0) is 4.79 Å². The van der Waals surface area contributed by atoms with Crippen LogP contribution in [0.15, 0.2) is 18.2 Å². The number of carbonyl (C=O) groups excluding carboxylic acids is 2. The highest BCUT2D eigenvalue weighted by molar-refractivity contribution is 7.15. The Bertz CT molecular complexity index is 847. The smallest absolute Gasteiger partial charge is 0.254 e. The van der Waals surface area contributed by atoms with Crippen LogP contribution in [-0.4, -0.2) is 74.5 Å². The second kappa shape index (κ2) is 10.2. The van der Waals surface area contributed by atoms with Gasteiger partial charge >= 0.3 is 0 Å². The van der Waals surface area contributed by atoms with Crippen molar-refractivity contribution in [2.24, 2.45) is 0 Å². The number of rotatable bonds is 9. The molecule has 0 aliphatic carbocycles. The molecule has 2 amide bonds.